The van der Waals surface area contributed by atoms with Gasteiger partial charge in [-0.2, -0.15) is 0 Å². The molecule has 0 saturated carbocycles. The number of carboxylic acids is 1. The number of aromatic carboxylic acids is 1. The van der Waals surface area contributed by atoms with Crippen LogP contribution in [0.5, 0.6) is 0 Å². The summed E-state index contributed by atoms with van der Waals surface area (Å²) in [5.74, 6) is 0.572. The highest BCUT2D eigenvalue weighted by molar-refractivity contribution is 5.84. The third-order valence-electron chi connectivity index (χ3n) is 4.06. The van der Waals surface area contributed by atoms with Crippen LogP contribution in [0.1, 0.15) is 43.0 Å². The number of likely N-dealkylation sites (tertiary alicyclic amines) is 1. The average Bonchev–Trinajstić information content (AvgIpc) is 2.94. The molecule has 2 rings (SSSR count). The van der Waals surface area contributed by atoms with Crippen LogP contribution in [0.25, 0.3) is 0 Å². The Hall–Kier alpha value is -1.98. The maximum absolute atomic E-state index is 12.0. The van der Waals surface area contributed by atoms with E-state index < -0.39 is 5.97 Å². The maximum atomic E-state index is 12.0. The Morgan fingerprint density at radius 3 is 2.57 bits per heavy atom. The summed E-state index contributed by atoms with van der Waals surface area (Å²) in [7, 11) is 0. The van der Waals surface area contributed by atoms with Gasteiger partial charge in [-0.05, 0) is 36.8 Å². The van der Waals surface area contributed by atoms with Crippen molar-refractivity contribution >= 4 is 12.0 Å². The maximum Gasteiger partial charge on any atom is 0.371 e. The molecule has 1 aliphatic rings. The number of carbonyl (C=O) groups excluding carboxylic acids is 1. The molecule has 21 heavy (non-hydrogen) atoms. The van der Waals surface area contributed by atoms with Crippen LogP contribution in [0.15, 0.2) is 16.5 Å². The summed E-state index contributed by atoms with van der Waals surface area (Å²) in [6.45, 7) is 6.19. The predicted molar refractivity (Wildman–Crippen MR) is 77.0 cm³/mol. The number of furan rings is 1. The van der Waals surface area contributed by atoms with Crippen molar-refractivity contribution in [2.75, 3.05) is 13.1 Å². The Kier molecular flexibility index (Phi) is 4.88. The highest BCUT2D eigenvalue weighted by Crippen LogP contribution is 2.24. The van der Waals surface area contributed by atoms with Crippen molar-refractivity contribution in [3.8, 4) is 0 Å². The lowest BCUT2D eigenvalue weighted by Crippen LogP contribution is -2.44. The standard InChI is InChI=1S/C15H22N2O4/c1-10(2)11-5-7-17(8-6-11)15(20)16-9-12-3-4-13(21-12)14(18)19/h3-4,10-11H,5-9H2,1-2H3,(H,16,20)(H,18,19). The molecule has 0 unspecified atom stereocenters. The van der Waals surface area contributed by atoms with Gasteiger partial charge in [0.25, 0.3) is 0 Å². The molecule has 1 saturated heterocycles. The number of hydrogen-bond acceptors (Lipinski definition) is 3. The van der Waals surface area contributed by atoms with Gasteiger partial charge in [0.1, 0.15) is 5.76 Å². The molecule has 0 aliphatic carbocycles. The number of carboxylic acid groups (broad SMARTS) is 1. The summed E-state index contributed by atoms with van der Waals surface area (Å²) in [5, 5.41) is 11.5. The van der Waals surface area contributed by atoms with Crippen LogP contribution in [0, 0.1) is 11.8 Å². The molecule has 0 spiro atoms. The van der Waals surface area contributed by atoms with Crippen molar-refractivity contribution in [3.05, 3.63) is 23.7 Å². The van der Waals surface area contributed by atoms with E-state index in [1.54, 1.807) is 11.0 Å². The van der Waals surface area contributed by atoms with Gasteiger partial charge in [0.2, 0.25) is 5.76 Å². The summed E-state index contributed by atoms with van der Waals surface area (Å²) < 4.78 is 5.10. The Morgan fingerprint density at radius 2 is 2.05 bits per heavy atom. The van der Waals surface area contributed by atoms with E-state index in [2.05, 4.69) is 19.2 Å². The van der Waals surface area contributed by atoms with Crippen molar-refractivity contribution in [1.29, 1.82) is 0 Å². The second-order valence-electron chi connectivity index (χ2n) is 5.80. The fraction of sp³-hybridized carbons (Fsp3) is 0.600. The zero-order chi connectivity index (χ0) is 15.4. The zero-order valence-electron chi connectivity index (χ0n) is 12.5. The molecule has 2 heterocycles. The molecule has 1 aromatic rings. The van der Waals surface area contributed by atoms with Crippen LogP contribution in [0.3, 0.4) is 0 Å². The third kappa shape index (κ3) is 4.00. The first-order valence-electron chi connectivity index (χ1n) is 7.32. The summed E-state index contributed by atoms with van der Waals surface area (Å²) in [6, 6.07) is 2.83. The van der Waals surface area contributed by atoms with E-state index in [-0.39, 0.29) is 18.3 Å². The van der Waals surface area contributed by atoms with Crippen molar-refractivity contribution in [2.45, 2.75) is 33.2 Å². The van der Waals surface area contributed by atoms with Gasteiger partial charge in [0.15, 0.2) is 0 Å². The molecule has 0 aromatic carbocycles. The van der Waals surface area contributed by atoms with Crippen molar-refractivity contribution < 1.29 is 19.1 Å². The van der Waals surface area contributed by atoms with Crippen LogP contribution in [-0.4, -0.2) is 35.1 Å². The molecule has 1 aromatic heterocycles. The van der Waals surface area contributed by atoms with Crippen LogP contribution in [0.2, 0.25) is 0 Å². The molecule has 6 heteroatoms. The second-order valence-corrected chi connectivity index (χ2v) is 5.80. The first-order chi connectivity index (χ1) is 9.97. The molecule has 2 N–H and O–H groups in total. The minimum atomic E-state index is -1.11. The Balaban J connectivity index is 1.78. The lowest BCUT2D eigenvalue weighted by atomic mass is 9.87. The highest BCUT2D eigenvalue weighted by atomic mass is 16.4. The topological polar surface area (TPSA) is 82.8 Å². The summed E-state index contributed by atoms with van der Waals surface area (Å²) in [4.78, 5) is 24.5. The minimum absolute atomic E-state index is 0.114. The van der Waals surface area contributed by atoms with Gasteiger partial charge in [-0.3, -0.25) is 0 Å². The van der Waals surface area contributed by atoms with E-state index in [4.69, 9.17) is 9.52 Å². The zero-order valence-corrected chi connectivity index (χ0v) is 12.5. The number of hydrogen-bond donors (Lipinski definition) is 2. The number of rotatable bonds is 4. The normalized spacial score (nSPS) is 16.2. The first kappa shape index (κ1) is 15.4. The smallest absolute Gasteiger partial charge is 0.371 e. The highest BCUT2D eigenvalue weighted by Gasteiger charge is 2.24. The number of piperidine rings is 1. The monoisotopic (exact) mass is 294 g/mol. The fourth-order valence-electron chi connectivity index (χ4n) is 2.63. The van der Waals surface area contributed by atoms with E-state index in [1.807, 2.05) is 0 Å². The van der Waals surface area contributed by atoms with Gasteiger partial charge in [-0.25, -0.2) is 9.59 Å². The van der Waals surface area contributed by atoms with E-state index in [1.165, 1.54) is 6.07 Å². The van der Waals surface area contributed by atoms with Crippen molar-refractivity contribution in [2.24, 2.45) is 11.8 Å². The van der Waals surface area contributed by atoms with Crippen molar-refractivity contribution in [3.63, 3.8) is 0 Å². The molecule has 116 valence electrons. The Bertz CT molecular complexity index is 502. The van der Waals surface area contributed by atoms with E-state index in [0.29, 0.717) is 17.6 Å². The SMILES string of the molecule is CC(C)C1CCN(C(=O)NCc2ccc(C(=O)O)o2)CC1. The fourth-order valence-corrected chi connectivity index (χ4v) is 2.63. The second kappa shape index (κ2) is 6.65. The summed E-state index contributed by atoms with van der Waals surface area (Å²) in [5.41, 5.74) is 0. The summed E-state index contributed by atoms with van der Waals surface area (Å²) >= 11 is 0. The number of carbonyl (C=O) groups is 2. The molecule has 0 radical (unpaired) electrons. The van der Waals surface area contributed by atoms with Crippen LogP contribution in [-0.2, 0) is 6.54 Å². The molecular weight excluding hydrogens is 272 g/mol. The lowest BCUT2D eigenvalue weighted by Gasteiger charge is -2.33. The Morgan fingerprint density at radius 1 is 1.38 bits per heavy atom. The van der Waals surface area contributed by atoms with Gasteiger partial charge in [0.05, 0.1) is 6.54 Å². The lowest BCUT2D eigenvalue weighted by molar-refractivity contribution is 0.0660. The largest absolute Gasteiger partial charge is 0.475 e. The van der Waals surface area contributed by atoms with E-state index in [0.717, 1.165) is 25.9 Å². The predicted octanol–water partition coefficient (Wildman–Crippen LogP) is 2.56. The van der Waals surface area contributed by atoms with Gasteiger partial charge in [0, 0.05) is 13.1 Å². The quantitative estimate of drug-likeness (QED) is 0.894. The van der Waals surface area contributed by atoms with E-state index in [9.17, 15) is 9.59 Å². The molecular formula is C15H22N2O4. The van der Waals surface area contributed by atoms with Gasteiger partial charge in [-0.1, -0.05) is 13.8 Å². The first-order valence-corrected chi connectivity index (χ1v) is 7.32. The van der Waals surface area contributed by atoms with Gasteiger partial charge < -0.3 is 19.7 Å². The number of nitrogens with one attached hydrogen (secondary N) is 1. The third-order valence-corrected chi connectivity index (χ3v) is 4.06. The molecule has 0 atom stereocenters. The minimum Gasteiger partial charge on any atom is -0.475 e. The van der Waals surface area contributed by atoms with Gasteiger partial charge >= 0.3 is 12.0 Å². The van der Waals surface area contributed by atoms with E-state index >= 15 is 0 Å². The molecule has 0 bridgehead atoms. The Labute approximate surface area is 124 Å². The van der Waals surface area contributed by atoms with Gasteiger partial charge in [-0.15, -0.1) is 0 Å². The summed E-state index contributed by atoms with van der Waals surface area (Å²) in [6.07, 6.45) is 2.07. The molecule has 6 nitrogen and oxygen atoms in total. The van der Waals surface area contributed by atoms with Crippen molar-refractivity contribution in [1.82, 2.24) is 10.2 Å². The molecule has 1 fully saturated rings. The average molecular weight is 294 g/mol. The number of urea groups is 1. The van der Waals surface area contributed by atoms with Crippen LogP contribution >= 0.6 is 0 Å². The number of nitrogens with zero attached hydrogens (tertiary/aromatic N) is 1. The molecule has 2 amide bonds. The molecule has 1 aliphatic heterocycles. The van der Waals surface area contributed by atoms with Crippen LogP contribution in [0.4, 0.5) is 4.79 Å². The van der Waals surface area contributed by atoms with Crippen LogP contribution < -0.4 is 5.32 Å². The number of amides is 2.